The van der Waals surface area contributed by atoms with Crippen molar-refractivity contribution in [1.82, 2.24) is 15.1 Å². The largest absolute Gasteiger partial charge is 0.448 e. The average molecular weight is 359 g/mol. The molecule has 0 aromatic heterocycles. The van der Waals surface area contributed by atoms with E-state index in [1.807, 2.05) is 6.07 Å². The van der Waals surface area contributed by atoms with E-state index in [-0.39, 0.29) is 12.0 Å². The van der Waals surface area contributed by atoms with Crippen molar-refractivity contribution >= 4 is 12.0 Å². The summed E-state index contributed by atoms with van der Waals surface area (Å²) in [7, 11) is 0. The van der Waals surface area contributed by atoms with Gasteiger partial charge in [-0.3, -0.25) is 9.69 Å². The zero-order valence-electron chi connectivity index (χ0n) is 15.6. The number of nitrogens with one attached hydrogen (secondary N) is 1. The maximum atomic E-state index is 12.1. The smallest absolute Gasteiger partial charge is 0.409 e. The highest BCUT2D eigenvalue weighted by Crippen LogP contribution is 2.20. The van der Waals surface area contributed by atoms with Crippen LogP contribution in [0, 0.1) is 0 Å². The van der Waals surface area contributed by atoms with Crippen LogP contribution in [0.15, 0.2) is 24.3 Å². The van der Waals surface area contributed by atoms with Crippen molar-refractivity contribution < 1.29 is 14.3 Å². The second-order valence-corrected chi connectivity index (χ2v) is 7.21. The van der Waals surface area contributed by atoms with Gasteiger partial charge in [-0.2, -0.15) is 0 Å². The Bertz CT molecular complexity index is 634. The van der Waals surface area contributed by atoms with E-state index in [4.69, 9.17) is 4.74 Å². The molecule has 0 saturated carbocycles. The number of likely N-dealkylation sites (tertiary alicyclic amines) is 1. The third-order valence-electron chi connectivity index (χ3n) is 5.36. The lowest BCUT2D eigenvalue weighted by atomic mass is 10.0. The van der Waals surface area contributed by atoms with Gasteiger partial charge in [0.1, 0.15) is 6.61 Å². The fourth-order valence-corrected chi connectivity index (χ4v) is 3.64. The SMILES string of the molecule is CC1CCCCN1Cc1ccccc1CNC(=O)CCN1CCOC1=O. The maximum absolute atomic E-state index is 12.1. The summed E-state index contributed by atoms with van der Waals surface area (Å²) < 4.78 is 4.87. The fourth-order valence-electron chi connectivity index (χ4n) is 3.64. The van der Waals surface area contributed by atoms with Crippen LogP contribution in [0.1, 0.15) is 43.7 Å². The molecule has 2 aliphatic rings. The lowest BCUT2D eigenvalue weighted by Gasteiger charge is -2.33. The van der Waals surface area contributed by atoms with Gasteiger partial charge in [-0.05, 0) is 37.4 Å². The van der Waals surface area contributed by atoms with Gasteiger partial charge in [-0.1, -0.05) is 30.7 Å². The summed E-state index contributed by atoms with van der Waals surface area (Å²) in [6.45, 7) is 6.32. The molecule has 1 aromatic carbocycles. The van der Waals surface area contributed by atoms with E-state index in [0.717, 1.165) is 13.1 Å². The molecule has 2 amide bonds. The van der Waals surface area contributed by atoms with Gasteiger partial charge < -0.3 is 15.0 Å². The van der Waals surface area contributed by atoms with E-state index in [1.54, 1.807) is 4.90 Å². The number of hydrogen-bond acceptors (Lipinski definition) is 4. The molecule has 2 aliphatic heterocycles. The Morgan fingerprint density at radius 3 is 2.77 bits per heavy atom. The van der Waals surface area contributed by atoms with Crippen molar-refractivity contribution in [3.8, 4) is 0 Å². The van der Waals surface area contributed by atoms with Crippen LogP contribution < -0.4 is 5.32 Å². The summed E-state index contributed by atoms with van der Waals surface area (Å²) in [5.41, 5.74) is 2.45. The first-order valence-corrected chi connectivity index (χ1v) is 9.62. The van der Waals surface area contributed by atoms with E-state index < -0.39 is 0 Å². The summed E-state index contributed by atoms with van der Waals surface area (Å²) in [5.74, 6) is -0.0363. The average Bonchev–Trinajstić information content (AvgIpc) is 3.06. The Morgan fingerprint density at radius 1 is 1.23 bits per heavy atom. The molecule has 1 N–H and O–H groups in total. The van der Waals surface area contributed by atoms with Gasteiger partial charge in [-0.15, -0.1) is 0 Å². The highest BCUT2D eigenvalue weighted by molar-refractivity contribution is 5.77. The molecule has 3 rings (SSSR count). The standard InChI is InChI=1S/C20H29N3O3/c1-16-6-4-5-10-23(16)15-18-8-3-2-7-17(18)14-21-19(24)9-11-22-12-13-26-20(22)25/h2-3,7-8,16H,4-6,9-15H2,1H3,(H,21,24). The zero-order valence-corrected chi connectivity index (χ0v) is 15.6. The molecule has 0 aliphatic carbocycles. The molecular formula is C20H29N3O3. The summed E-state index contributed by atoms with van der Waals surface area (Å²) in [5, 5.41) is 2.99. The Hall–Kier alpha value is -2.08. The van der Waals surface area contributed by atoms with Crippen molar-refractivity contribution in [3.63, 3.8) is 0 Å². The minimum Gasteiger partial charge on any atom is -0.448 e. The van der Waals surface area contributed by atoms with Crippen LogP contribution in [-0.2, 0) is 22.6 Å². The zero-order chi connectivity index (χ0) is 18.4. The highest BCUT2D eigenvalue weighted by atomic mass is 16.6. The molecule has 1 aromatic rings. The number of cyclic esters (lactones) is 1. The normalized spacial score (nSPS) is 20.9. The summed E-state index contributed by atoms with van der Waals surface area (Å²) in [4.78, 5) is 27.6. The van der Waals surface area contributed by atoms with Crippen LogP contribution in [0.5, 0.6) is 0 Å². The number of carbonyl (C=O) groups is 2. The molecular weight excluding hydrogens is 330 g/mol. The van der Waals surface area contributed by atoms with Gasteiger partial charge in [0.25, 0.3) is 0 Å². The van der Waals surface area contributed by atoms with Gasteiger partial charge in [0.15, 0.2) is 0 Å². The summed E-state index contributed by atoms with van der Waals surface area (Å²) in [6.07, 6.45) is 3.83. The maximum Gasteiger partial charge on any atom is 0.409 e. The highest BCUT2D eigenvalue weighted by Gasteiger charge is 2.22. The molecule has 6 heteroatoms. The third kappa shape index (κ3) is 4.97. The third-order valence-corrected chi connectivity index (χ3v) is 5.36. The molecule has 1 unspecified atom stereocenters. The minimum atomic E-state index is -0.321. The van der Waals surface area contributed by atoms with Crippen LogP contribution >= 0.6 is 0 Å². The fraction of sp³-hybridized carbons (Fsp3) is 0.600. The molecule has 0 bridgehead atoms. The van der Waals surface area contributed by atoms with Crippen LogP contribution in [-0.4, -0.2) is 54.1 Å². The van der Waals surface area contributed by atoms with E-state index in [9.17, 15) is 9.59 Å². The van der Waals surface area contributed by atoms with Crippen molar-refractivity contribution in [2.75, 3.05) is 26.2 Å². The first-order chi connectivity index (χ1) is 12.6. The Labute approximate surface area is 155 Å². The predicted molar refractivity (Wildman–Crippen MR) is 99.5 cm³/mol. The molecule has 6 nitrogen and oxygen atoms in total. The number of nitrogens with zero attached hydrogens (tertiary/aromatic N) is 2. The van der Waals surface area contributed by atoms with Gasteiger partial charge >= 0.3 is 6.09 Å². The molecule has 0 radical (unpaired) electrons. The van der Waals surface area contributed by atoms with Gasteiger partial charge in [0.05, 0.1) is 6.54 Å². The number of piperidine rings is 1. The number of carbonyl (C=O) groups excluding carboxylic acids is 2. The molecule has 0 spiro atoms. The lowest BCUT2D eigenvalue weighted by molar-refractivity contribution is -0.121. The van der Waals surface area contributed by atoms with Crippen molar-refractivity contribution in [1.29, 1.82) is 0 Å². The van der Waals surface area contributed by atoms with Crippen LogP contribution in [0.3, 0.4) is 0 Å². The second kappa shape index (κ2) is 9.03. The van der Waals surface area contributed by atoms with Crippen LogP contribution in [0.2, 0.25) is 0 Å². The Morgan fingerprint density at radius 2 is 2.04 bits per heavy atom. The molecule has 26 heavy (non-hydrogen) atoms. The minimum absolute atomic E-state index is 0.0363. The quantitative estimate of drug-likeness (QED) is 0.813. The molecule has 2 saturated heterocycles. The van der Waals surface area contributed by atoms with E-state index >= 15 is 0 Å². The monoisotopic (exact) mass is 359 g/mol. The van der Waals surface area contributed by atoms with Crippen LogP contribution in [0.4, 0.5) is 4.79 Å². The topological polar surface area (TPSA) is 61.9 Å². The van der Waals surface area contributed by atoms with Crippen molar-refractivity contribution in [2.45, 2.75) is 51.7 Å². The summed E-state index contributed by atoms with van der Waals surface area (Å²) >= 11 is 0. The number of rotatable bonds is 7. The van der Waals surface area contributed by atoms with E-state index in [2.05, 4.69) is 35.3 Å². The number of amides is 2. The van der Waals surface area contributed by atoms with Gasteiger partial charge in [0.2, 0.25) is 5.91 Å². The first-order valence-electron chi connectivity index (χ1n) is 9.62. The van der Waals surface area contributed by atoms with Crippen LogP contribution in [0.25, 0.3) is 0 Å². The van der Waals surface area contributed by atoms with Gasteiger partial charge in [0, 0.05) is 32.1 Å². The number of hydrogen-bond donors (Lipinski definition) is 1. The predicted octanol–water partition coefficient (Wildman–Crippen LogP) is 2.52. The number of benzene rings is 1. The van der Waals surface area contributed by atoms with Crippen molar-refractivity contribution in [3.05, 3.63) is 35.4 Å². The molecule has 142 valence electrons. The molecule has 2 fully saturated rings. The summed E-state index contributed by atoms with van der Waals surface area (Å²) in [6, 6.07) is 8.94. The molecule has 2 heterocycles. The second-order valence-electron chi connectivity index (χ2n) is 7.21. The van der Waals surface area contributed by atoms with E-state index in [1.165, 1.54) is 30.4 Å². The number of ether oxygens (including phenoxy) is 1. The van der Waals surface area contributed by atoms with Crippen molar-refractivity contribution in [2.24, 2.45) is 0 Å². The lowest BCUT2D eigenvalue weighted by Crippen LogP contribution is -2.37. The Balaban J connectivity index is 1.49. The van der Waals surface area contributed by atoms with Gasteiger partial charge in [-0.25, -0.2) is 4.79 Å². The van der Waals surface area contributed by atoms with E-state index in [0.29, 0.717) is 38.7 Å². The molecule has 1 atom stereocenters. The Kier molecular flexibility index (Phi) is 6.50. The first kappa shape index (κ1) is 18.7.